The summed E-state index contributed by atoms with van der Waals surface area (Å²) in [6.07, 6.45) is 0. The molecule has 0 aliphatic rings. The van der Waals surface area contributed by atoms with Crippen LogP contribution in [-0.4, -0.2) is 0 Å². The number of anilines is 3. The van der Waals surface area contributed by atoms with E-state index < -0.39 is 0 Å². The number of rotatable bonds is 4. The van der Waals surface area contributed by atoms with Gasteiger partial charge in [0.1, 0.15) is 11.2 Å². The molecular weight excluding hydrogens is 583 g/mol. The summed E-state index contributed by atoms with van der Waals surface area (Å²) in [5.74, 6) is 0. The standard InChI is InChI=1S/C46H29NO/c1-2-12-30(13-3-1)33-15-6-8-20-40(33)47(42-22-11-19-38-36(42)28-29-44-46(38)39-17-7-9-23-43(39)48-44)41-21-10-18-37-35(41)27-26-32-25-24-31-14-4-5-16-34(31)45(32)37/h1-29H. The molecule has 0 amide bonds. The quantitative estimate of drug-likeness (QED) is 0.184. The molecule has 10 aromatic rings. The van der Waals surface area contributed by atoms with Gasteiger partial charge in [-0.1, -0.05) is 140 Å². The summed E-state index contributed by atoms with van der Waals surface area (Å²) in [5.41, 5.74) is 7.54. The smallest absolute Gasteiger partial charge is 0.136 e. The number of fused-ring (bicyclic) bond motifs is 10. The Morgan fingerprint density at radius 1 is 0.312 bits per heavy atom. The molecule has 9 aromatic carbocycles. The van der Waals surface area contributed by atoms with Gasteiger partial charge in [0.25, 0.3) is 0 Å². The summed E-state index contributed by atoms with van der Waals surface area (Å²) in [6.45, 7) is 0. The monoisotopic (exact) mass is 611 g/mol. The van der Waals surface area contributed by atoms with Crippen LogP contribution >= 0.6 is 0 Å². The van der Waals surface area contributed by atoms with E-state index in [0.29, 0.717) is 0 Å². The van der Waals surface area contributed by atoms with E-state index in [-0.39, 0.29) is 0 Å². The van der Waals surface area contributed by atoms with Crippen LogP contribution < -0.4 is 4.90 Å². The van der Waals surface area contributed by atoms with Crippen LogP contribution in [0.5, 0.6) is 0 Å². The number of benzene rings is 9. The van der Waals surface area contributed by atoms with Crippen LogP contribution in [0.25, 0.3) is 76.2 Å². The van der Waals surface area contributed by atoms with Crippen molar-refractivity contribution < 1.29 is 4.42 Å². The lowest BCUT2D eigenvalue weighted by molar-refractivity contribution is 0.669. The van der Waals surface area contributed by atoms with E-state index in [1.165, 1.54) is 54.2 Å². The Kier molecular flexibility index (Phi) is 5.91. The molecule has 1 heterocycles. The molecule has 1 aromatic heterocycles. The van der Waals surface area contributed by atoms with Crippen molar-refractivity contribution in [1.29, 1.82) is 0 Å². The summed E-state index contributed by atoms with van der Waals surface area (Å²) in [5, 5.41) is 12.1. The number of hydrogen-bond donors (Lipinski definition) is 0. The molecule has 48 heavy (non-hydrogen) atoms. The van der Waals surface area contributed by atoms with Crippen molar-refractivity contribution in [3.8, 4) is 11.1 Å². The Morgan fingerprint density at radius 2 is 0.896 bits per heavy atom. The van der Waals surface area contributed by atoms with Gasteiger partial charge < -0.3 is 9.32 Å². The summed E-state index contributed by atoms with van der Waals surface area (Å²) in [4.78, 5) is 2.47. The zero-order valence-electron chi connectivity index (χ0n) is 26.1. The van der Waals surface area contributed by atoms with Crippen LogP contribution in [0.1, 0.15) is 0 Å². The second kappa shape index (κ2) is 10.6. The lowest BCUT2D eigenvalue weighted by Gasteiger charge is -2.30. The molecule has 0 unspecified atom stereocenters. The summed E-state index contributed by atoms with van der Waals surface area (Å²) < 4.78 is 6.33. The molecule has 10 rings (SSSR count). The van der Waals surface area contributed by atoms with Crippen molar-refractivity contribution in [3.63, 3.8) is 0 Å². The van der Waals surface area contributed by atoms with Crippen LogP contribution in [0.2, 0.25) is 0 Å². The van der Waals surface area contributed by atoms with Gasteiger partial charge in [-0.05, 0) is 74.3 Å². The Hall–Kier alpha value is -6.38. The number of nitrogens with zero attached hydrogens (tertiary/aromatic N) is 1. The first-order valence-corrected chi connectivity index (χ1v) is 16.4. The molecule has 0 atom stereocenters. The zero-order valence-corrected chi connectivity index (χ0v) is 26.1. The average Bonchev–Trinajstić information content (AvgIpc) is 3.55. The first-order chi connectivity index (χ1) is 23.8. The van der Waals surface area contributed by atoms with Crippen molar-refractivity contribution in [3.05, 3.63) is 176 Å². The average molecular weight is 612 g/mol. The highest BCUT2D eigenvalue weighted by atomic mass is 16.3. The first-order valence-electron chi connectivity index (χ1n) is 16.4. The van der Waals surface area contributed by atoms with Gasteiger partial charge in [0.15, 0.2) is 0 Å². The van der Waals surface area contributed by atoms with Gasteiger partial charge in [-0.3, -0.25) is 0 Å². The molecule has 2 heteroatoms. The third-order valence-electron chi connectivity index (χ3n) is 9.83. The molecular formula is C46H29NO. The molecule has 0 aliphatic heterocycles. The van der Waals surface area contributed by atoms with E-state index in [9.17, 15) is 0 Å². The van der Waals surface area contributed by atoms with Crippen molar-refractivity contribution in [2.24, 2.45) is 0 Å². The van der Waals surface area contributed by atoms with E-state index >= 15 is 0 Å². The second-order valence-electron chi connectivity index (χ2n) is 12.5. The minimum atomic E-state index is 0.903. The highest BCUT2D eigenvalue weighted by molar-refractivity contribution is 6.24. The van der Waals surface area contributed by atoms with Crippen LogP contribution in [0.15, 0.2) is 180 Å². The lowest BCUT2D eigenvalue weighted by Crippen LogP contribution is -2.12. The maximum Gasteiger partial charge on any atom is 0.136 e. The Labute approximate surface area is 277 Å². The van der Waals surface area contributed by atoms with Crippen LogP contribution in [0.4, 0.5) is 17.1 Å². The van der Waals surface area contributed by atoms with E-state index in [1.807, 2.05) is 6.07 Å². The van der Waals surface area contributed by atoms with E-state index in [1.54, 1.807) is 0 Å². The molecule has 0 radical (unpaired) electrons. The predicted molar refractivity (Wildman–Crippen MR) is 204 cm³/mol. The van der Waals surface area contributed by atoms with Crippen LogP contribution in [0, 0.1) is 0 Å². The fourth-order valence-corrected chi connectivity index (χ4v) is 7.72. The normalized spacial score (nSPS) is 11.8. The third-order valence-corrected chi connectivity index (χ3v) is 9.83. The number of para-hydroxylation sites is 2. The van der Waals surface area contributed by atoms with Gasteiger partial charge in [0.05, 0.1) is 17.1 Å². The predicted octanol–water partition coefficient (Wildman–Crippen LogP) is 13.3. The fourth-order valence-electron chi connectivity index (χ4n) is 7.72. The second-order valence-corrected chi connectivity index (χ2v) is 12.5. The van der Waals surface area contributed by atoms with Crippen molar-refractivity contribution >= 4 is 82.1 Å². The number of furan rings is 1. The molecule has 0 saturated heterocycles. The molecule has 224 valence electrons. The van der Waals surface area contributed by atoms with Crippen molar-refractivity contribution in [1.82, 2.24) is 0 Å². The van der Waals surface area contributed by atoms with Crippen LogP contribution in [-0.2, 0) is 0 Å². The minimum Gasteiger partial charge on any atom is -0.456 e. The Morgan fingerprint density at radius 3 is 1.73 bits per heavy atom. The third kappa shape index (κ3) is 4.00. The van der Waals surface area contributed by atoms with E-state index in [4.69, 9.17) is 4.42 Å². The van der Waals surface area contributed by atoms with Crippen molar-refractivity contribution in [2.45, 2.75) is 0 Å². The maximum atomic E-state index is 6.33. The maximum absolute atomic E-state index is 6.33. The molecule has 0 N–H and O–H groups in total. The molecule has 0 aliphatic carbocycles. The highest BCUT2D eigenvalue weighted by Gasteiger charge is 2.22. The van der Waals surface area contributed by atoms with Gasteiger partial charge in [0, 0.05) is 27.1 Å². The molecule has 0 bridgehead atoms. The summed E-state index contributed by atoms with van der Waals surface area (Å²) in [6, 6.07) is 63.4. The van der Waals surface area contributed by atoms with Gasteiger partial charge in [0.2, 0.25) is 0 Å². The molecule has 2 nitrogen and oxygen atoms in total. The number of hydrogen-bond acceptors (Lipinski definition) is 2. The molecule has 0 fully saturated rings. The lowest BCUT2D eigenvalue weighted by atomic mass is 9.94. The van der Waals surface area contributed by atoms with E-state index in [0.717, 1.165) is 39.0 Å². The summed E-state index contributed by atoms with van der Waals surface area (Å²) in [7, 11) is 0. The largest absolute Gasteiger partial charge is 0.456 e. The summed E-state index contributed by atoms with van der Waals surface area (Å²) >= 11 is 0. The fraction of sp³-hybridized carbons (Fsp3) is 0. The van der Waals surface area contributed by atoms with Gasteiger partial charge in [-0.15, -0.1) is 0 Å². The molecule has 0 saturated carbocycles. The topological polar surface area (TPSA) is 16.4 Å². The molecule has 0 spiro atoms. The minimum absolute atomic E-state index is 0.903. The SMILES string of the molecule is c1ccc(-c2ccccc2N(c2cccc3c2ccc2ccc4ccccc4c23)c2cccc3c2ccc2oc4ccccc4c23)cc1. The zero-order chi connectivity index (χ0) is 31.6. The highest BCUT2D eigenvalue weighted by Crippen LogP contribution is 2.48. The Balaban J connectivity index is 1.33. The van der Waals surface area contributed by atoms with Gasteiger partial charge in [-0.2, -0.15) is 0 Å². The van der Waals surface area contributed by atoms with Gasteiger partial charge in [-0.25, -0.2) is 0 Å². The first kappa shape index (κ1) is 26.8. The van der Waals surface area contributed by atoms with Crippen molar-refractivity contribution in [2.75, 3.05) is 4.90 Å². The Bertz CT molecular complexity index is 2850. The van der Waals surface area contributed by atoms with E-state index in [2.05, 4.69) is 175 Å². The van der Waals surface area contributed by atoms with Gasteiger partial charge >= 0.3 is 0 Å². The van der Waals surface area contributed by atoms with Crippen LogP contribution in [0.3, 0.4) is 0 Å².